The number of aromatic amines is 1. The normalized spacial score (nSPS) is 10.8. The first kappa shape index (κ1) is 11.9. The molecule has 0 radical (unpaired) electrons. The van der Waals surface area contributed by atoms with E-state index in [1.165, 1.54) is 12.1 Å². The maximum atomic E-state index is 11.9. The lowest BCUT2D eigenvalue weighted by Crippen LogP contribution is -2.13. The molecule has 3 rings (SSSR count). The van der Waals surface area contributed by atoms with E-state index in [0.717, 1.165) is 0 Å². The van der Waals surface area contributed by atoms with E-state index in [1.54, 1.807) is 29.0 Å². The van der Waals surface area contributed by atoms with Crippen LogP contribution in [-0.2, 0) is 0 Å². The standard InChI is InChI=1S/C12H9N5O3/c13-11-9-4-5-16(10(9)12(18)15-14-11)7-2-1-3-8(6-7)17(19)20/h1-6H,(H2,13,14)(H,15,18). The zero-order valence-corrected chi connectivity index (χ0v) is 10.1. The molecule has 1 aromatic carbocycles. The van der Waals surface area contributed by atoms with Crippen LogP contribution in [0.1, 0.15) is 0 Å². The van der Waals surface area contributed by atoms with E-state index in [1.807, 2.05) is 0 Å². The lowest BCUT2D eigenvalue weighted by molar-refractivity contribution is -0.384. The number of H-pyrrole nitrogens is 1. The Bertz CT molecular complexity index is 880. The molecule has 3 aromatic rings. The summed E-state index contributed by atoms with van der Waals surface area (Å²) in [6, 6.07) is 7.64. The molecule has 100 valence electrons. The second kappa shape index (κ2) is 4.19. The van der Waals surface area contributed by atoms with Gasteiger partial charge in [0.05, 0.1) is 10.6 Å². The highest BCUT2D eigenvalue weighted by molar-refractivity contribution is 5.89. The molecular formula is C12H9N5O3. The number of nitrogens with one attached hydrogen (secondary N) is 1. The maximum absolute atomic E-state index is 11.9. The van der Waals surface area contributed by atoms with Crippen LogP contribution in [0.3, 0.4) is 0 Å². The minimum atomic E-state index is -0.491. The number of nitro benzene ring substituents is 1. The highest BCUT2D eigenvalue weighted by atomic mass is 16.6. The quantitative estimate of drug-likeness (QED) is 0.536. The molecule has 0 aliphatic rings. The number of fused-ring (bicyclic) bond motifs is 1. The largest absolute Gasteiger partial charge is 0.382 e. The van der Waals surface area contributed by atoms with Crippen LogP contribution in [0, 0.1) is 10.1 Å². The SMILES string of the molecule is Nc1n[nH]c(=O)c2c1ccn2-c1cccc([N+](=O)[O-])c1. The van der Waals surface area contributed by atoms with Gasteiger partial charge in [-0.1, -0.05) is 6.07 Å². The molecule has 0 saturated carbocycles. The van der Waals surface area contributed by atoms with Gasteiger partial charge in [-0.15, -0.1) is 0 Å². The summed E-state index contributed by atoms with van der Waals surface area (Å²) in [4.78, 5) is 22.2. The molecule has 0 atom stereocenters. The molecule has 8 nitrogen and oxygen atoms in total. The number of anilines is 1. The topological polar surface area (TPSA) is 120 Å². The summed E-state index contributed by atoms with van der Waals surface area (Å²) in [7, 11) is 0. The summed E-state index contributed by atoms with van der Waals surface area (Å²) in [6.45, 7) is 0. The molecule has 0 unspecified atom stereocenters. The number of hydrogen-bond donors (Lipinski definition) is 2. The Hall–Kier alpha value is -3.16. The third kappa shape index (κ3) is 1.70. The third-order valence-corrected chi connectivity index (χ3v) is 2.97. The van der Waals surface area contributed by atoms with Crippen molar-refractivity contribution in [2.45, 2.75) is 0 Å². The molecule has 20 heavy (non-hydrogen) atoms. The number of nitrogens with two attached hydrogens (primary N) is 1. The van der Waals surface area contributed by atoms with Crippen LogP contribution >= 0.6 is 0 Å². The number of benzene rings is 1. The van der Waals surface area contributed by atoms with Crippen molar-refractivity contribution >= 4 is 22.4 Å². The van der Waals surface area contributed by atoms with Gasteiger partial charge in [0.2, 0.25) is 0 Å². The van der Waals surface area contributed by atoms with Crippen LogP contribution in [-0.4, -0.2) is 19.7 Å². The molecule has 2 aromatic heterocycles. The van der Waals surface area contributed by atoms with Crippen LogP contribution in [0.5, 0.6) is 0 Å². The summed E-state index contributed by atoms with van der Waals surface area (Å²) < 4.78 is 1.54. The summed E-state index contributed by atoms with van der Waals surface area (Å²) in [5, 5.41) is 17.3. The van der Waals surface area contributed by atoms with Gasteiger partial charge in [-0.05, 0) is 12.1 Å². The smallest absolute Gasteiger partial charge is 0.289 e. The fraction of sp³-hybridized carbons (Fsp3) is 0. The summed E-state index contributed by atoms with van der Waals surface area (Å²) in [5.41, 5.74) is 6.04. The fourth-order valence-corrected chi connectivity index (χ4v) is 2.07. The first-order chi connectivity index (χ1) is 9.58. The summed E-state index contributed by atoms with van der Waals surface area (Å²) in [6.07, 6.45) is 1.62. The lowest BCUT2D eigenvalue weighted by Gasteiger charge is -2.04. The van der Waals surface area contributed by atoms with Crippen molar-refractivity contribution in [1.29, 1.82) is 0 Å². The van der Waals surface area contributed by atoms with Crippen LogP contribution in [0.2, 0.25) is 0 Å². The lowest BCUT2D eigenvalue weighted by atomic mass is 10.2. The third-order valence-electron chi connectivity index (χ3n) is 2.97. The van der Waals surface area contributed by atoms with Crippen LogP contribution in [0.25, 0.3) is 16.6 Å². The summed E-state index contributed by atoms with van der Waals surface area (Å²) in [5.74, 6) is 0.198. The first-order valence-corrected chi connectivity index (χ1v) is 5.68. The average Bonchev–Trinajstić information content (AvgIpc) is 2.89. The highest BCUT2D eigenvalue weighted by Crippen LogP contribution is 2.22. The molecular weight excluding hydrogens is 262 g/mol. The molecule has 0 fully saturated rings. The zero-order chi connectivity index (χ0) is 14.3. The number of rotatable bonds is 2. The van der Waals surface area contributed by atoms with Gasteiger partial charge >= 0.3 is 0 Å². The van der Waals surface area contributed by atoms with Gasteiger partial charge in [0, 0.05) is 23.7 Å². The average molecular weight is 271 g/mol. The van der Waals surface area contributed by atoms with E-state index in [9.17, 15) is 14.9 Å². The molecule has 0 aliphatic heterocycles. The number of nitrogens with zero attached hydrogens (tertiary/aromatic N) is 3. The van der Waals surface area contributed by atoms with Gasteiger partial charge in [-0.3, -0.25) is 14.9 Å². The van der Waals surface area contributed by atoms with Gasteiger partial charge in [0.15, 0.2) is 5.82 Å². The van der Waals surface area contributed by atoms with Gasteiger partial charge in [0.25, 0.3) is 11.2 Å². The Balaban J connectivity index is 2.30. The maximum Gasteiger partial charge on any atom is 0.289 e. The van der Waals surface area contributed by atoms with Gasteiger partial charge in [-0.2, -0.15) is 5.10 Å². The Labute approximate surface area is 111 Å². The Morgan fingerprint density at radius 1 is 1.35 bits per heavy atom. The molecule has 2 heterocycles. The minimum absolute atomic E-state index is 0.0530. The highest BCUT2D eigenvalue weighted by Gasteiger charge is 2.13. The van der Waals surface area contributed by atoms with Crippen molar-refractivity contribution in [2.24, 2.45) is 0 Å². The second-order valence-electron chi connectivity index (χ2n) is 4.16. The number of nitro groups is 1. The predicted octanol–water partition coefficient (Wildman–Crippen LogP) is 1.20. The number of non-ortho nitro benzene ring substituents is 1. The monoisotopic (exact) mass is 271 g/mol. The second-order valence-corrected chi connectivity index (χ2v) is 4.16. The molecule has 8 heteroatoms. The first-order valence-electron chi connectivity index (χ1n) is 5.68. The molecule has 3 N–H and O–H groups in total. The van der Waals surface area contributed by atoms with Crippen LogP contribution in [0.15, 0.2) is 41.3 Å². The van der Waals surface area contributed by atoms with Crippen LogP contribution < -0.4 is 11.3 Å². The van der Waals surface area contributed by atoms with E-state index in [2.05, 4.69) is 10.2 Å². The van der Waals surface area contributed by atoms with Gasteiger partial charge < -0.3 is 10.3 Å². The summed E-state index contributed by atoms with van der Waals surface area (Å²) >= 11 is 0. The molecule has 0 amide bonds. The Kier molecular flexibility index (Phi) is 2.50. The Morgan fingerprint density at radius 2 is 2.15 bits per heavy atom. The van der Waals surface area contributed by atoms with Gasteiger partial charge in [-0.25, -0.2) is 5.10 Å². The van der Waals surface area contributed by atoms with Gasteiger partial charge in [0.1, 0.15) is 5.52 Å². The predicted molar refractivity (Wildman–Crippen MR) is 72.8 cm³/mol. The van der Waals surface area contributed by atoms with Crippen molar-refractivity contribution in [3.05, 3.63) is 57.0 Å². The van der Waals surface area contributed by atoms with E-state index < -0.39 is 10.5 Å². The van der Waals surface area contributed by atoms with Crippen LogP contribution in [0.4, 0.5) is 11.5 Å². The molecule has 0 saturated heterocycles. The molecule has 0 aliphatic carbocycles. The molecule has 0 spiro atoms. The number of hydrogen-bond acceptors (Lipinski definition) is 5. The number of nitrogen functional groups attached to an aromatic ring is 1. The van der Waals surface area contributed by atoms with Crippen molar-refractivity contribution in [2.75, 3.05) is 5.73 Å². The van der Waals surface area contributed by atoms with E-state index in [0.29, 0.717) is 16.6 Å². The Morgan fingerprint density at radius 3 is 2.90 bits per heavy atom. The minimum Gasteiger partial charge on any atom is -0.382 e. The molecule has 0 bridgehead atoms. The van der Waals surface area contributed by atoms with Crippen molar-refractivity contribution in [3.63, 3.8) is 0 Å². The van der Waals surface area contributed by atoms with E-state index in [4.69, 9.17) is 5.73 Å². The van der Waals surface area contributed by atoms with Crippen molar-refractivity contribution in [3.8, 4) is 5.69 Å². The van der Waals surface area contributed by atoms with E-state index >= 15 is 0 Å². The van der Waals surface area contributed by atoms with Crippen molar-refractivity contribution < 1.29 is 4.92 Å². The number of aromatic nitrogens is 3. The zero-order valence-electron chi connectivity index (χ0n) is 10.1. The van der Waals surface area contributed by atoms with Crippen molar-refractivity contribution in [1.82, 2.24) is 14.8 Å². The fourth-order valence-electron chi connectivity index (χ4n) is 2.07. The van der Waals surface area contributed by atoms with E-state index in [-0.39, 0.29) is 11.5 Å².